The van der Waals surface area contributed by atoms with E-state index in [4.69, 9.17) is 24.3 Å². The van der Waals surface area contributed by atoms with Crippen molar-refractivity contribution < 1.29 is 23.8 Å². The van der Waals surface area contributed by atoms with Crippen LogP contribution in [0.15, 0.2) is 82.9 Å². The highest BCUT2D eigenvalue weighted by Crippen LogP contribution is 2.59. The fourth-order valence-corrected chi connectivity index (χ4v) is 6.13. The Morgan fingerprint density at radius 1 is 0.950 bits per heavy atom. The highest BCUT2D eigenvalue weighted by molar-refractivity contribution is 6.10. The minimum absolute atomic E-state index is 0.0538. The Labute approximate surface area is 233 Å². The Morgan fingerprint density at radius 2 is 1.65 bits per heavy atom. The van der Waals surface area contributed by atoms with Crippen LogP contribution in [0, 0.1) is 5.41 Å². The van der Waals surface area contributed by atoms with Crippen molar-refractivity contribution in [3.63, 3.8) is 0 Å². The molecule has 8 heteroatoms. The van der Waals surface area contributed by atoms with E-state index in [1.54, 1.807) is 31.5 Å². The lowest BCUT2D eigenvalue weighted by atomic mass is 9.70. The fourth-order valence-electron chi connectivity index (χ4n) is 6.13. The molecule has 8 nitrogen and oxygen atoms in total. The maximum absolute atomic E-state index is 14.3. The molecule has 3 aliphatic heterocycles. The van der Waals surface area contributed by atoms with E-state index in [0.717, 1.165) is 11.1 Å². The molecule has 40 heavy (non-hydrogen) atoms. The second kappa shape index (κ2) is 9.33. The number of benzene rings is 3. The third-order valence-electron chi connectivity index (χ3n) is 7.98. The molecular weight excluding hydrogens is 506 g/mol. The van der Waals surface area contributed by atoms with Gasteiger partial charge in [0.05, 0.1) is 26.4 Å². The molecule has 0 amide bonds. The van der Waals surface area contributed by atoms with Gasteiger partial charge in [-0.05, 0) is 41.0 Å². The van der Waals surface area contributed by atoms with Crippen LogP contribution in [0.25, 0.3) is 0 Å². The monoisotopic (exact) mass is 537 g/mol. The van der Waals surface area contributed by atoms with Gasteiger partial charge in [-0.15, -0.1) is 0 Å². The molecule has 1 spiro atoms. The zero-order valence-electron chi connectivity index (χ0n) is 23.1. The normalized spacial score (nSPS) is 24.8. The number of carbonyl (C=O) groups excluding carboxylic acids is 2. The predicted molar refractivity (Wildman–Crippen MR) is 151 cm³/mol. The minimum Gasteiger partial charge on any atom is -0.493 e. The third-order valence-corrected chi connectivity index (χ3v) is 7.98. The van der Waals surface area contributed by atoms with Gasteiger partial charge in [-0.3, -0.25) is 9.80 Å². The van der Waals surface area contributed by atoms with Crippen LogP contribution in [-0.4, -0.2) is 54.7 Å². The van der Waals surface area contributed by atoms with Crippen molar-refractivity contribution in [2.75, 3.05) is 14.2 Å². The van der Waals surface area contributed by atoms with Gasteiger partial charge in [0.1, 0.15) is 12.1 Å². The highest BCUT2D eigenvalue weighted by Gasteiger charge is 2.71. The molecule has 3 aromatic rings. The summed E-state index contributed by atoms with van der Waals surface area (Å²) in [4.78, 5) is 33.8. The molecule has 0 N–H and O–H groups in total. The van der Waals surface area contributed by atoms with E-state index in [9.17, 15) is 9.59 Å². The van der Waals surface area contributed by atoms with Crippen molar-refractivity contribution in [2.45, 2.75) is 44.3 Å². The number of Topliss-reactive ketones (excluding diaryl/α,β-unsaturated/α-hetero) is 1. The van der Waals surface area contributed by atoms with Crippen LogP contribution in [-0.2, 0) is 14.3 Å². The Balaban J connectivity index is 1.67. The van der Waals surface area contributed by atoms with Gasteiger partial charge < -0.3 is 14.2 Å². The number of aliphatic imine (C=N–C) groups is 1. The second-order valence-corrected chi connectivity index (χ2v) is 11.3. The number of fused-ring (bicyclic) bond motifs is 4. The Hall–Kier alpha value is -4.46. The average molecular weight is 538 g/mol. The number of methoxy groups -OCH3 is 2. The van der Waals surface area contributed by atoms with Gasteiger partial charge in [0.15, 0.2) is 22.8 Å². The standard InChI is InChI=1S/C32H31N3O5/c1-31(2,3)28(36)26-25(20-15-16-23(38-4)24(17-20)39-5)32(27-22-14-10-9-13-21(22)18-33-35(26)27)30(37)40-29(34-32)19-11-7-6-8-12-19/h6-18,25-27H,1-5H3/t25-,26-,27+,32+/m1/s1. The maximum Gasteiger partial charge on any atom is 0.344 e. The van der Waals surface area contributed by atoms with Gasteiger partial charge in [-0.1, -0.05) is 69.3 Å². The lowest BCUT2D eigenvalue weighted by molar-refractivity contribution is -0.140. The molecule has 204 valence electrons. The molecule has 3 heterocycles. The van der Waals surface area contributed by atoms with E-state index < -0.39 is 34.9 Å². The van der Waals surface area contributed by atoms with E-state index in [2.05, 4.69) is 0 Å². The molecule has 3 aromatic carbocycles. The SMILES string of the molecule is COc1ccc([C@@H]2[C@H](C(=O)C(C)(C)C)N3N=Cc4ccccc4[C@H]3[C@@]23N=C(c2ccccc2)OC3=O)cc1OC. The van der Waals surface area contributed by atoms with Gasteiger partial charge in [0.25, 0.3) is 0 Å². The number of esters is 1. The average Bonchev–Trinajstić information content (AvgIpc) is 3.46. The second-order valence-electron chi connectivity index (χ2n) is 11.3. The number of carbonyl (C=O) groups is 2. The lowest BCUT2D eigenvalue weighted by Crippen LogP contribution is -2.45. The summed E-state index contributed by atoms with van der Waals surface area (Å²) >= 11 is 0. The van der Waals surface area contributed by atoms with Crippen molar-refractivity contribution in [3.8, 4) is 11.5 Å². The number of ketones is 1. The molecular formula is C32H31N3O5. The smallest absolute Gasteiger partial charge is 0.344 e. The van der Waals surface area contributed by atoms with Gasteiger partial charge in [0, 0.05) is 11.0 Å². The molecule has 3 aliphatic rings. The van der Waals surface area contributed by atoms with Crippen LogP contribution in [0.5, 0.6) is 11.5 Å². The van der Waals surface area contributed by atoms with E-state index in [1.807, 2.05) is 87.5 Å². The van der Waals surface area contributed by atoms with E-state index in [0.29, 0.717) is 22.6 Å². The maximum atomic E-state index is 14.3. The van der Waals surface area contributed by atoms with Crippen LogP contribution < -0.4 is 9.47 Å². The number of hydrogen-bond donors (Lipinski definition) is 0. The molecule has 0 saturated carbocycles. The van der Waals surface area contributed by atoms with Crippen LogP contribution in [0.4, 0.5) is 0 Å². The molecule has 6 rings (SSSR count). The van der Waals surface area contributed by atoms with Crippen molar-refractivity contribution >= 4 is 23.9 Å². The molecule has 4 atom stereocenters. The first kappa shape index (κ1) is 25.8. The Morgan fingerprint density at radius 3 is 2.35 bits per heavy atom. The number of rotatable bonds is 5. The number of nitrogens with zero attached hydrogens (tertiary/aromatic N) is 3. The summed E-state index contributed by atoms with van der Waals surface area (Å²) < 4.78 is 17.1. The summed E-state index contributed by atoms with van der Waals surface area (Å²) in [6.45, 7) is 5.65. The number of ether oxygens (including phenoxy) is 3. The third kappa shape index (κ3) is 3.73. The Kier molecular flexibility index (Phi) is 6.02. The minimum atomic E-state index is -1.50. The fraction of sp³-hybridized carbons (Fsp3) is 0.312. The number of cyclic esters (lactones) is 1. The summed E-state index contributed by atoms with van der Waals surface area (Å²) in [5.41, 5.74) is 0.901. The quantitative estimate of drug-likeness (QED) is 0.430. The predicted octanol–water partition coefficient (Wildman–Crippen LogP) is 4.92. The van der Waals surface area contributed by atoms with Crippen LogP contribution in [0.3, 0.4) is 0 Å². The summed E-state index contributed by atoms with van der Waals surface area (Å²) in [6, 6.07) is 21.1. The molecule has 0 aliphatic carbocycles. The van der Waals surface area contributed by atoms with E-state index in [1.165, 1.54) is 0 Å². The first-order chi connectivity index (χ1) is 19.2. The van der Waals surface area contributed by atoms with Crippen molar-refractivity contribution in [1.82, 2.24) is 5.01 Å². The largest absolute Gasteiger partial charge is 0.493 e. The van der Waals surface area contributed by atoms with Crippen LogP contribution >= 0.6 is 0 Å². The topological polar surface area (TPSA) is 89.8 Å². The first-order valence-corrected chi connectivity index (χ1v) is 13.3. The van der Waals surface area contributed by atoms with Gasteiger partial charge in [0.2, 0.25) is 5.90 Å². The van der Waals surface area contributed by atoms with Crippen LogP contribution in [0.1, 0.15) is 55.0 Å². The molecule has 0 unspecified atom stereocenters. The summed E-state index contributed by atoms with van der Waals surface area (Å²) in [5.74, 6) is -0.0443. The van der Waals surface area contributed by atoms with Gasteiger partial charge in [-0.25, -0.2) is 9.79 Å². The Bertz CT molecular complexity index is 1560. The molecule has 0 bridgehead atoms. The molecule has 0 aromatic heterocycles. The molecule has 1 saturated heterocycles. The van der Waals surface area contributed by atoms with Crippen molar-refractivity contribution in [1.29, 1.82) is 0 Å². The van der Waals surface area contributed by atoms with Crippen LogP contribution in [0.2, 0.25) is 0 Å². The summed E-state index contributed by atoms with van der Waals surface area (Å²) in [5, 5.41) is 6.58. The number of hydrazone groups is 1. The van der Waals surface area contributed by atoms with Gasteiger partial charge >= 0.3 is 5.97 Å². The zero-order valence-corrected chi connectivity index (χ0v) is 23.1. The lowest BCUT2D eigenvalue weighted by Gasteiger charge is -2.35. The first-order valence-electron chi connectivity index (χ1n) is 13.3. The molecule has 1 fully saturated rings. The van der Waals surface area contributed by atoms with E-state index >= 15 is 0 Å². The zero-order chi connectivity index (χ0) is 28.2. The summed E-state index contributed by atoms with van der Waals surface area (Å²) in [6.07, 6.45) is 1.75. The van der Waals surface area contributed by atoms with Gasteiger partial charge in [-0.2, -0.15) is 5.10 Å². The summed E-state index contributed by atoms with van der Waals surface area (Å²) in [7, 11) is 3.13. The van der Waals surface area contributed by atoms with E-state index in [-0.39, 0.29) is 11.7 Å². The molecule has 0 radical (unpaired) electrons. The highest BCUT2D eigenvalue weighted by atomic mass is 16.6. The number of hydrogen-bond acceptors (Lipinski definition) is 8. The van der Waals surface area contributed by atoms with Crippen molar-refractivity contribution in [3.05, 3.63) is 95.1 Å². The van der Waals surface area contributed by atoms with Crippen molar-refractivity contribution in [2.24, 2.45) is 15.5 Å².